The van der Waals surface area contributed by atoms with Crippen molar-refractivity contribution in [2.24, 2.45) is 0 Å². The SMILES string of the molecule is O=C1Nc2ccccc2-n2nnnc2[C@@H]1N1CCCCC1.O=C1Nc2ccccc2-n2nnnc2[C@@H]1N1CCCCC1. The van der Waals surface area contributed by atoms with E-state index in [0.29, 0.717) is 11.6 Å². The Bertz CT molecular complexity index is 1470. The van der Waals surface area contributed by atoms with Gasteiger partial charge in [-0.05, 0) is 97.0 Å². The molecule has 2 fully saturated rings. The maximum absolute atomic E-state index is 12.7. The average molecular weight is 569 g/mol. The van der Waals surface area contributed by atoms with Crippen LogP contribution in [0.5, 0.6) is 0 Å². The third kappa shape index (κ3) is 4.81. The molecule has 2 atom stereocenters. The summed E-state index contributed by atoms with van der Waals surface area (Å²) in [6.07, 6.45) is 6.87. The summed E-state index contributed by atoms with van der Waals surface area (Å²) in [5.74, 6) is 1.08. The third-order valence-electron chi connectivity index (χ3n) is 8.26. The van der Waals surface area contributed by atoms with Crippen LogP contribution in [-0.4, -0.2) is 88.2 Å². The first-order valence-corrected chi connectivity index (χ1v) is 14.5. The Balaban J connectivity index is 0.000000137. The zero-order chi connectivity index (χ0) is 28.5. The summed E-state index contributed by atoms with van der Waals surface area (Å²) < 4.78 is 3.35. The van der Waals surface area contributed by atoms with Gasteiger partial charge in [-0.3, -0.25) is 19.4 Å². The number of carbonyl (C=O) groups is 2. The number of hydrogen-bond acceptors (Lipinski definition) is 10. The smallest absolute Gasteiger partial charge is 0.249 e. The van der Waals surface area contributed by atoms with Crippen molar-refractivity contribution in [3.05, 3.63) is 60.2 Å². The van der Waals surface area contributed by atoms with Crippen LogP contribution in [0, 0.1) is 0 Å². The molecule has 2 saturated heterocycles. The molecule has 42 heavy (non-hydrogen) atoms. The molecule has 0 unspecified atom stereocenters. The lowest BCUT2D eigenvalue weighted by Crippen LogP contribution is -2.40. The van der Waals surface area contributed by atoms with Gasteiger partial charge in [0, 0.05) is 0 Å². The lowest BCUT2D eigenvalue weighted by molar-refractivity contribution is -0.123. The molecule has 2 amide bonds. The summed E-state index contributed by atoms with van der Waals surface area (Å²) in [5.41, 5.74) is 3.11. The Morgan fingerprint density at radius 3 is 1.40 bits per heavy atom. The monoisotopic (exact) mass is 568 g/mol. The van der Waals surface area contributed by atoms with Crippen LogP contribution in [0.15, 0.2) is 48.5 Å². The molecule has 216 valence electrons. The molecular formula is C28H32N12O2. The van der Waals surface area contributed by atoms with Crippen molar-refractivity contribution in [2.75, 3.05) is 36.8 Å². The van der Waals surface area contributed by atoms with Gasteiger partial charge in [0.2, 0.25) is 11.8 Å². The summed E-state index contributed by atoms with van der Waals surface area (Å²) in [5, 5.41) is 29.9. The molecule has 0 bridgehead atoms. The third-order valence-corrected chi connectivity index (χ3v) is 8.26. The first-order valence-electron chi connectivity index (χ1n) is 14.5. The van der Waals surface area contributed by atoms with Crippen molar-refractivity contribution in [1.29, 1.82) is 0 Å². The van der Waals surface area contributed by atoms with E-state index in [1.165, 1.54) is 12.8 Å². The van der Waals surface area contributed by atoms with Crippen LogP contribution in [0.25, 0.3) is 11.4 Å². The Morgan fingerprint density at radius 2 is 0.976 bits per heavy atom. The lowest BCUT2D eigenvalue weighted by Gasteiger charge is -2.31. The number of tetrazole rings is 2. The number of piperidine rings is 2. The van der Waals surface area contributed by atoms with Gasteiger partial charge in [0.1, 0.15) is 0 Å². The first kappa shape index (κ1) is 26.3. The van der Waals surface area contributed by atoms with Crippen LogP contribution in [0.2, 0.25) is 0 Å². The van der Waals surface area contributed by atoms with Gasteiger partial charge >= 0.3 is 0 Å². The van der Waals surface area contributed by atoms with E-state index < -0.39 is 12.1 Å². The number of rotatable bonds is 2. The summed E-state index contributed by atoms with van der Waals surface area (Å²) in [6, 6.07) is 14.3. The molecule has 4 aromatic rings. The van der Waals surface area contributed by atoms with Crippen LogP contribution >= 0.6 is 0 Å². The molecule has 2 aromatic heterocycles. The normalized spacial score (nSPS) is 22.1. The second kappa shape index (κ2) is 11.4. The van der Waals surface area contributed by atoms with E-state index in [-0.39, 0.29) is 11.8 Å². The quantitative estimate of drug-likeness (QED) is 0.368. The molecule has 4 aliphatic rings. The molecule has 8 rings (SSSR count). The molecule has 4 aliphatic heterocycles. The van der Waals surface area contributed by atoms with Crippen LogP contribution in [-0.2, 0) is 9.59 Å². The van der Waals surface area contributed by atoms with Crippen molar-refractivity contribution in [3.8, 4) is 11.4 Å². The maximum Gasteiger partial charge on any atom is 0.249 e. The van der Waals surface area contributed by atoms with Gasteiger partial charge in [-0.25, -0.2) is 0 Å². The van der Waals surface area contributed by atoms with Crippen molar-refractivity contribution in [1.82, 2.24) is 50.2 Å². The zero-order valence-electron chi connectivity index (χ0n) is 23.1. The minimum absolute atomic E-state index is 0.0575. The predicted molar refractivity (Wildman–Crippen MR) is 152 cm³/mol. The zero-order valence-corrected chi connectivity index (χ0v) is 23.1. The molecule has 0 radical (unpaired) electrons. The molecule has 0 aliphatic carbocycles. The molecule has 6 heterocycles. The van der Waals surface area contributed by atoms with E-state index in [4.69, 9.17) is 0 Å². The Kier molecular flexibility index (Phi) is 7.13. The number of hydrogen-bond donors (Lipinski definition) is 2. The van der Waals surface area contributed by atoms with Gasteiger partial charge in [0.25, 0.3) is 0 Å². The van der Waals surface area contributed by atoms with Crippen LogP contribution in [0.4, 0.5) is 11.4 Å². The van der Waals surface area contributed by atoms with E-state index in [9.17, 15) is 9.59 Å². The fourth-order valence-corrected chi connectivity index (χ4v) is 6.25. The molecular weight excluding hydrogens is 536 g/mol. The average Bonchev–Trinajstić information content (AvgIpc) is 3.65. The summed E-state index contributed by atoms with van der Waals surface area (Å²) >= 11 is 0. The topological polar surface area (TPSA) is 152 Å². The van der Waals surface area contributed by atoms with Crippen LogP contribution in [0.1, 0.15) is 62.3 Å². The van der Waals surface area contributed by atoms with Gasteiger partial charge < -0.3 is 10.6 Å². The fraction of sp³-hybridized carbons (Fsp3) is 0.429. The molecule has 2 N–H and O–H groups in total. The number of anilines is 2. The highest BCUT2D eigenvalue weighted by Gasteiger charge is 2.38. The number of fused-ring (bicyclic) bond motifs is 6. The number of benzene rings is 2. The Hall–Kier alpha value is -4.56. The van der Waals surface area contributed by atoms with Crippen LogP contribution < -0.4 is 10.6 Å². The van der Waals surface area contributed by atoms with E-state index in [2.05, 4.69) is 51.5 Å². The largest absolute Gasteiger partial charge is 0.322 e. The van der Waals surface area contributed by atoms with Gasteiger partial charge in [-0.2, -0.15) is 9.36 Å². The van der Waals surface area contributed by atoms with Crippen LogP contribution in [0.3, 0.4) is 0 Å². The lowest BCUT2D eigenvalue weighted by atomic mass is 10.1. The minimum atomic E-state index is -0.423. The molecule has 0 spiro atoms. The van der Waals surface area contributed by atoms with E-state index in [1.54, 1.807) is 9.36 Å². The number of likely N-dealkylation sites (tertiary alicyclic amines) is 2. The Labute approximate surface area is 242 Å². The van der Waals surface area contributed by atoms with E-state index in [1.807, 2.05) is 48.5 Å². The Morgan fingerprint density at radius 1 is 0.571 bits per heavy atom. The number of aromatic nitrogens is 8. The van der Waals surface area contributed by atoms with Gasteiger partial charge in [-0.1, -0.05) is 37.1 Å². The van der Waals surface area contributed by atoms with E-state index in [0.717, 1.165) is 74.6 Å². The number of nitrogens with one attached hydrogen (secondary N) is 2. The number of nitrogens with zero attached hydrogens (tertiary/aromatic N) is 10. The second-order valence-electron chi connectivity index (χ2n) is 10.9. The highest BCUT2D eigenvalue weighted by Crippen LogP contribution is 2.33. The minimum Gasteiger partial charge on any atom is -0.322 e. The second-order valence-corrected chi connectivity index (χ2v) is 10.9. The van der Waals surface area contributed by atoms with Crippen molar-refractivity contribution < 1.29 is 9.59 Å². The van der Waals surface area contributed by atoms with E-state index >= 15 is 0 Å². The standard InChI is InChI=1S/2C14H16N6O/c2*21-14-12(19-8-4-1-5-9-19)13-16-17-18-20(13)11-7-3-2-6-10(11)15-14/h2*2-3,6-7,12H,1,4-5,8-9H2,(H,15,21)/t2*12-/m00/s1. The summed E-state index contributed by atoms with van der Waals surface area (Å²) in [7, 11) is 0. The van der Waals surface area contributed by atoms with Crippen molar-refractivity contribution in [2.45, 2.75) is 50.6 Å². The number of amides is 2. The van der Waals surface area contributed by atoms with Crippen molar-refractivity contribution in [3.63, 3.8) is 0 Å². The van der Waals surface area contributed by atoms with Gasteiger partial charge in [0.05, 0.1) is 22.7 Å². The summed E-state index contributed by atoms with van der Waals surface area (Å²) in [6.45, 7) is 3.62. The molecule has 0 saturated carbocycles. The highest BCUT2D eigenvalue weighted by atomic mass is 16.2. The van der Waals surface area contributed by atoms with Gasteiger partial charge in [-0.15, -0.1) is 10.2 Å². The number of carbonyl (C=O) groups excluding carboxylic acids is 2. The molecule has 2 aromatic carbocycles. The number of para-hydroxylation sites is 4. The predicted octanol–water partition coefficient (Wildman–Crippen LogP) is 2.28. The highest BCUT2D eigenvalue weighted by molar-refractivity contribution is 5.98. The fourth-order valence-electron chi connectivity index (χ4n) is 6.25. The van der Waals surface area contributed by atoms with Crippen molar-refractivity contribution >= 4 is 23.2 Å². The molecule has 14 heteroatoms. The maximum atomic E-state index is 12.7. The van der Waals surface area contributed by atoms with Gasteiger partial charge in [0.15, 0.2) is 23.7 Å². The molecule has 14 nitrogen and oxygen atoms in total. The summed E-state index contributed by atoms with van der Waals surface area (Å²) in [4.78, 5) is 29.7. The first-order chi connectivity index (χ1) is 20.7.